The fourth-order valence-electron chi connectivity index (χ4n) is 3.95. The van der Waals surface area contributed by atoms with Gasteiger partial charge in [-0.05, 0) is 77.7 Å². The number of benzene rings is 2. The van der Waals surface area contributed by atoms with Gasteiger partial charge in [0.2, 0.25) is 11.1 Å². The van der Waals surface area contributed by atoms with Crippen LogP contribution in [0.15, 0.2) is 41.6 Å². The number of anilines is 1. The molecule has 3 aromatic rings. The summed E-state index contributed by atoms with van der Waals surface area (Å²) in [5, 5.41) is 16.2. The molecule has 1 aliphatic rings. The minimum Gasteiger partial charge on any atom is -0.324 e. The Balaban J connectivity index is 1.34. The Bertz CT molecular complexity index is 1320. The molecule has 1 saturated heterocycles. The number of hydrogen-bond acceptors (Lipinski definition) is 6. The molecule has 0 spiro atoms. The number of tetrazole rings is 1. The van der Waals surface area contributed by atoms with Gasteiger partial charge in [0, 0.05) is 5.56 Å². The molecule has 4 rings (SSSR count). The number of likely N-dealkylation sites (tertiary alicyclic amines) is 1. The lowest BCUT2D eigenvalue weighted by Gasteiger charge is -2.23. The highest BCUT2D eigenvalue weighted by atomic mass is 35.5. The number of nitrogens with one attached hydrogen (secondary N) is 1. The molecule has 37 heavy (non-hydrogen) atoms. The van der Waals surface area contributed by atoms with Crippen molar-refractivity contribution in [1.82, 2.24) is 25.1 Å². The van der Waals surface area contributed by atoms with Crippen LogP contribution in [0.25, 0.3) is 5.69 Å². The lowest BCUT2D eigenvalue weighted by Crippen LogP contribution is -2.29. The summed E-state index contributed by atoms with van der Waals surface area (Å²) in [7, 11) is 0. The maximum Gasteiger partial charge on any atom is 0.234 e. The van der Waals surface area contributed by atoms with Crippen LogP contribution in [0.3, 0.4) is 0 Å². The number of hydrogen-bond donors (Lipinski definition) is 1. The van der Waals surface area contributed by atoms with Crippen molar-refractivity contribution in [2.24, 2.45) is 0 Å². The zero-order valence-electron chi connectivity index (χ0n) is 21.2. The maximum absolute atomic E-state index is 12.6. The number of piperidine rings is 1. The van der Waals surface area contributed by atoms with Crippen molar-refractivity contribution in [2.45, 2.75) is 50.6 Å². The van der Waals surface area contributed by atoms with Crippen LogP contribution < -0.4 is 5.32 Å². The van der Waals surface area contributed by atoms with E-state index >= 15 is 0 Å². The van der Waals surface area contributed by atoms with E-state index in [1.165, 1.54) is 35.7 Å². The summed E-state index contributed by atoms with van der Waals surface area (Å²) in [4.78, 5) is 15.0. The molecular formula is C27H30Cl2N6OS. The van der Waals surface area contributed by atoms with Gasteiger partial charge in [-0.25, -0.2) is 0 Å². The Morgan fingerprint density at radius 3 is 2.57 bits per heavy atom. The van der Waals surface area contributed by atoms with Crippen LogP contribution in [-0.4, -0.2) is 56.4 Å². The van der Waals surface area contributed by atoms with Crippen molar-refractivity contribution in [2.75, 3.05) is 30.7 Å². The first kappa shape index (κ1) is 27.5. The summed E-state index contributed by atoms with van der Waals surface area (Å²) < 4.78 is 1.54. The molecule has 2 heterocycles. The average Bonchev–Trinajstić information content (AvgIpc) is 3.33. The summed E-state index contributed by atoms with van der Waals surface area (Å²) in [6.45, 7) is 9.36. The Morgan fingerprint density at radius 1 is 1.08 bits per heavy atom. The minimum absolute atomic E-state index is 0.0302. The summed E-state index contributed by atoms with van der Waals surface area (Å²) in [5.41, 5.74) is 3.09. The van der Waals surface area contributed by atoms with E-state index in [1.807, 2.05) is 24.3 Å². The van der Waals surface area contributed by atoms with Gasteiger partial charge in [-0.1, -0.05) is 80.1 Å². The largest absolute Gasteiger partial charge is 0.324 e. The number of aromatic nitrogens is 4. The normalized spacial score (nSPS) is 14.2. The molecule has 194 valence electrons. The van der Waals surface area contributed by atoms with Gasteiger partial charge in [-0.15, -0.1) is 5.10 Å². The van der Waals surface area contributed by atoms with E-state index in [1.54, 1.807) is 12.1 Å². The topological polar surface area (TPSA) is 75.9 Å². The fraction of sp³-hybridized carbons (Fsp3) is 0.407. The van der Waals surface area contributed by atoms with E-state index in [4.69, 9.17) is 23.2 Å². The number of nitrogens with zero attached hydrogens (tertiary/aromatic N) is 5. The molecule has 1 amide bonds. The molecule has 7 nitrogen and oxygen atoms in total. The van der Waals surface area contributed by atoms with Crippen molar-refractivity contribution >= 4 is 46.6 Å². The zero-order chi connectivity index (χ0) is 26.4. The van der Waals surface area contributed by atoms with E-state index in [2.05, 4.69) is 58.4 Å². The Kier molecular flexibility index (Phi) is 9.14. The summed E-state index contributed by atoms with van der Waals surface area (Å²) >= 11 is 14.2. The predicted molar refractivity (Wildman–Crippen MR) is 151 cm³/mol. The van der Waals surface area contributed by atoms with Crippen molar-refractivity contribution in [3.63, 3.8) is 0 Å². The van der Waals surface area contributed by atoms with Crippen molar-refractivity contribution < 1.29 is 4.79 Å². The molecule has 1 N–H and O–H groups in total. The molecule has 2 aromatic carbocycles. The molecule has 0 aliphatic carbocycles. The number of carbonyl (C=O) groups is 1. The van der Waals surface area contributed by atoms with Crippen LogP contribution in [0.4, 0.5) is 5.69 Å². The van der Waals surface area contributed by atoms with Gasteiger partial charge in [0.1, 0.15) is 0 Å². The second kappa shape index (κ2) is 12.3. The second-order valence-corrected chi connectivity index (χ2v) is 11.7. The predicted octanol–water partition coefficient (Wildman–Crippen LogP) is 5.83. The van der Waals surface area contributed by atoms with Crippen LogP contribution in [-0.2, 0) is 10.2 Å². The van der Waals surface area contributed by atoms with Gasteiger partial charge in [-0.3, -0.25) is 9.69 Å². The van der Waals surface area contributed by atoms with Gasteiger partial charge in [0.25, 0.3) is 0 Å². The molecule has 0 saturated carbocycles. The van der Waals surface area contributed by atoms with Crippen molar-refractivity contribution in [3.05, 3.63) is 57.6 Å². The first-order valence-electron chi connectivity index (χ1n) is 12.2. The van der Waals surface area contributed by atoms with E-state index in [0.29, 0.717) is 26.6 Å². The minimum atomic E-state index is -0.223. The third-order valence-corrected chi connectivity index (χ3v) is 7.58. The average molecular weight is 558 g/mol. The summed E-state index contributed by atoms with van der Waals surface area (Å²) in [5.74, 6) is 6.27. The summed E-state index contributed by atoms with van der Waals surface area (Å²) in [6.07, 6.45) is 3.79. The highest BCUT2D eigenvalue weighted by molar-refractivity contribution is 7.99. The first-order chi connectivity index (χ1) is 17.7. The van der Waals surface area contributed by atoms with E-state index < -0.39 is 0 Å². The third kappa shape index (κ3) is 7.48. The van der Waals surface area contributed by atoms with Crippen LogP contribution in [0.1, 0.15) is 51.2 Å². The standard InChI is InChI=1S/C27H30Cl2N6OS/c1-27(2,3)20-10-12-24(22(29)17-20)35-26(31-32-33-35)37-18-25(36)30-23-11-9-19(16-21(23)28)8-7-15-34-13-5-4-6-14-34/h9-12,16-17H,4-6,13-15,18H2,1-3H3,(H,30,36). The van der Waals surface area contributed by atoms with Gasteiger partial charge in [-0.2, -0.15) is 4.68 Å². The van der Waals surface area contributed by atoms with E-state index in [9.17, 15) is 4.79 Å². The molecule has 0 bridgehead atoms. The molecular weight excluding hydrogens is 527 g/mol. The number of carbonyl (C=O) groups excluding carboxylic acids is 1. The van der Waals surface area contributed by atoms with Gasteiger partial charge >= 0.3 is 0 Å². The SMILES string of the molecule is CC(C)(C)c1ccc(-n2nnnc2SCC(=O)Nc2ccc(C#CCN3CCCCC3)cc2Cl)c(Cl)c1. The maximum atomic E-state index is 12.6. The molecule has 0 unspecified atom stereocenters. The third-order valence-electron chi connectivity index (χ3n) is 6.04. The van der Waals surface area contributed by atoms with Crippen molar-refractivity contribution in [3.8, 4) is 17.5 Å². The fourth-order valence-corrected chi connectivity index (χ4v) is 5.12. The Morgan fingerprint density at radius 2 is 1.86 bits per heavy atom. The zero-order valence-corrected chi connectivity index (χ0v) is 23.6. The molecule has 0 radical (unpaired) electrons. The second-order valence-electron chi connectivity index (χ2n) is 9.96. The van der Waals surface area contributed by atoms with Crippen LogP contribution >= 0.6 is 35.0 Å². The molecule has 0 atom stereocenters. The lowest BCUT2D eigenvalue weighted by atomic mass is 9.87. The molecule has 10 heteroatoms. The number of amides is 1. The van der Waals surface area contributed by atoms with Crippen LogP contribution in [0.2, 0.25) is 10.0 Å². The van der Waals surface area contributed by atoms with Gasteiger partial charge in [0.05, 0.1) is 33.7 Å². The number of rotatable bonds is 6. The molecule has 1 fully saturated rings. The quantitative estimate of drug-likeness (QED) is 0.304. The smallest absolute Gasteiger partial charge is 0.234 e. The number of halogens is 2. The molecule has 1 aliphatic heterocycles. The highest BCUT2D eigenvalue weighted by Crippen LogP contribution is 2.30. The van der Waals surface area contributed by atoms with Gasteiger partial charge < -0.3 is 5.32 Å². The Labute approximate surface area is 232 Å². The summed E-state index contributed by atoms with van der Waals surface area (Å²) in [6, 6.07) is 11.2. The van der Waals surface area contributed by atoms with E-state index in [-0.39, 0.29) is 17.1 Å². The van der Waals surface area contributed by atoms with Crippen LogP contribution in [0, 0.1) is 11.8 Å². The van der Waals surface area contributed by atoms with Gasteiger partial charge in [0.15, 0.2) is 0 Å². The highest BCUT2D eigenvalue weighted by Gasteiger charge is 2.18. The van der Waals surface area contributed by atoms with Crippen LogP contribution in [0.5, 0.6) is 0 Å². The van der Waals surface area contributed by atoms with Crippen molar-refractivity contribution in [1.29, 1.82) is 0 Å². The Hall–Kier alpha value is -2.57. The van der Waals surface area contributed by atoms with E-state index in [0.717, 1.165) is 30.8 Å². The monoisotopic (exact) mass is 556 g/mol. The molecule has 1 aromatic heterocycles. The number of thioether (sulfide) groups is 1. The lowest BCUT2D eigenvalue weighted by molar-refractivity contribution is -0.113. The first-order valence-corrected chi connectivity index (χ1v) is 14.0.